The molecule has 1 aliphatic heterocycles. The van der Waals surface area contributed by atoms with Gasteiger partial charge in [0.05, 0.1) is 12.1 Å². The number of allylic oxidation sites excluding steroid dienone is 7. The molecule has 4 atom stereocenters. The largest absolute Gasteiger partial charge is 0.509 e. The molecule has 3 N–H and O–H groups in total. The average molecular weight is 478 g/mol. The third-order valence-electron chi connectivity index (χ3n) is 6.33. The number of ether oxygens (including phenoxy) is 1. The molecule has 1 amide bonds. The van der Waals surface area contributed by atoms with E-state index in [9.17, 15) is 19.8 Å². The van der Waals surface area contributed by atoms with Crippen LogP contribution in [0.15, 0.2) is 89.8 Å². The summed E-state index contributed by atoms with van der Waals surface area (Å²) in [5, 5.41) is 24.1. The van der Waals surface area contributed by atoms with Gasteiger partial charge in [-0.3, -0.25) is 9.59 Å². The van der Waals surface area contributed by atoms with Gasteiger partial charge in [-0.1, -0.05) is 72.4 Å². The molecule has 1 heterocycles. The summed E-state index contributed by atoms with van der Waals surface area (Å²) in [5.41, 5.74) is 2.22. The Kier molecular flexibility index (Phi) is 9.82. The number of nitrogens with one attached hydrogen (secondary N) is 1. The molecule has 0 aromatic heterocycles. The van der Waals surface area contributed by atoms with Crippen molar-refractivity contribution in [3.8, 4) is 0 Å². The topological polar surface area (TPSA) is 95.9 Å². The van der Waals surface area contributed by atoms with Gasteiger partial charge in [0.1, 0.15) is 11.9 Å². The average Bonchev–Trinajstić information content (AvgIpc) is 3.15. The number of fused-ring (bicyclic) bond motifs is 1. The molecule has 3 rings (SSSR count). The third-order valence-corrected chi connectivity index (χ3v) is 6.33. The van der Waals surface area contributed by atoms with E-state index in [1.807, 2.05) is 61.6 Å². The molecule has 4 unspecified atom stereocenters. The number of methoxy groups -OCH3 is 1. The van der Waals surface area contributed by atoms with Crippen molar-refractivity contribution < 1.29 is 24.5 Å². The summed E-state index contributed by atoms with van der Waals surface area (Å²) in [7, 11) is 1.51. The Morgan fingerprint density at radius 1 is 1.06 bits per heavy atom. The van der Waals surface area contributed by atoms with Crippen LogP contribution in [0.4, 0.5) is 0 Å². The van der Waals surface area contributed by atoms with Crippen LogP contribution in [-0.4, -0.2) is 41.2 Å². The number of ketones is 1. The van der Waals surface area contributed by atoms with Crippen LogP contribution in [-0.2, 0) is 14.3 Å². The normalized spacial score (nSPS) is 31.2. The molecule has 0 radical (unpaired) electrons. The van der Waals surface area contributed by atoms with E-state index >= 15 is 0 Å². The van der Waals surface area contributed by atoms with Crippen LogP contribution in [0.1, 0.15) is 50.6 Å². The van der Waals surface area contributed by atoms with E-state index in [1.165, 1.54) is 13.2 Å². The van der Waals surface area contributed by atoms with Gasteiger partial charge >= 0.3 is 0 Å². The molecule has 186 valence electrons. The summed E-state index contributed by atoms with van der Waals surface area (Å²) in [6, 6.07) is 9.61. The molecular weight excluding hydrogens is 442 g/mol. The fourth-order valence-corrected chi connectivity index (χ4v) is 4.50. The molecule has 1 aliphatic carbocycles. The van der Waals surface area contributed by atoms with Crippen LogP contribution in [0.2, 0.25) is 0 Å². The molecular formula is C29H35NO5. The Balaban J connectivity index is 1.84. The standard InChI is InChI=1S/C29H35NO5/c1-20-11-9-10-16-27(33)30-24(21-12-5-3-6-13-21)15-8-4-7-14-23(31)19-25(32)28-22(17-20)18-26(35-2)29(28)34/h3-6,8-13,16-17,22-24,26,31,34H,7,14-15,18-19H2,1-2H3,(H,30,33)/b8-4-,11-9-,16-10+,20-17-. The van der Waals surface area contributed by atoms with Gasteiger partial charge in [0.25, 0.3) is 0 Å². The molecule has 1 aromatic rings. The summed E-state index contributed by atoms with van der Waals surface area (Å²) < 4.78 is 5.35. The number of hydrogen-bond acceptors (Lipinski definition) is 5. The maximum absolute atomic E-state index is 13.0. The molecule has 0 fully saturated rings. The van der Waals surface area contributed by atoms with Crippen molar-refractivity contribution >= 4 is 11.7 Å². The first-order valence-electron chi connectivity index (χ1n) is 12.1. The second-order valence-corrected chi connectivity index (χ2v) is 9.03. The van der Waals surface area contributed by atoms with Gasteiger partial charge in [0.2, 0.25) is 5.91 Å². The molecule has 35 heavy (non-hydrogen) atoms. The van der Waals surface area contributed by atoms with E-state index in [4.69, 9.17) is 4.74 Å². The maximum Gasteiger partial charge on any atom is 0.244 e. The molecule has 0 saturated heterocycles. The first-order chi connectivity index (χ1) is 16.9. The lowest BCUT2D eigenvalue weighted by molar-refractivity contribution is -0.118. The highest BCUT2D eigenvalue weighted by molar-refractivity contribution is 5.97. The molecule has 0 spiro atoms. The summed E-state index contributed by atoms with van der Waals surface area (Å²) >= 11 is 0. The van der Waals surface area contributed by atoms with E-state index in [0.29, 0.717) is 31.3 Å². The third kappa shape index (κ3) is 7.64. The first-order valence-corrected chi connectivity index (χ1v) is 12.1. The summed E-state index contributed by atoms with van der Waals surface area (Å²) in [5.74, 6) is -0.790. The number of amides is 1. The Hall–Kier alpha value is -3.22. The van der Waals surface area contributed by atoms with Crippen LogP contribution in [0.25, 0.3) is 0 Å². The molecule has 2 aliphatic rings. The predicted octanol–water partition coefficient (Wildman–Crippen LogP) is 4.81. The number of benzene rings is 1. The lowest BCUT2D eigenvalue weighted by atomic mass is 9.92. The zero-order chi connectivity index (χ0) is 25.2. The Labute approximate surface area is 207 Å². The van der Waals surface area contributed by atoms with Crippen molar-refractivity contribution in [3.05, 3.63) is 95.3 Å². The summed E-state index contributed by atoms with van der Waals surface area (Å²) in [4.78, 5) is 25.5. The fourth-order valence-electron chi connectivity index (χ4n) is 4.50. The minimum atomic E-state index is -0.810. The minimum Gasteiger partial charge on any atom is -0.509 e. The number of carbonyl (C=O) groups excluding carboxylic acids is 2. The van der Waals surface area contributed by atoms with Crippen molar-refractivity contribution in [2.75, 3.05) is 7.11 Å². The van der Waals surface area contributed by atoms with Gasteiger partial charge in [-0.05, 0) is 38.2 Å². The maximum atomic E-state index is 13.0. The van der Waals surface area contributed by atoms with Gasteiger partial charge < -0.3 is 20.3 Å². The van der Waals surface area contributed by atoms with E-state index in [2.05, 4.69) is 5.32 Å². The van der Waals surface area contributed by atoms with Crippen molar-refractivity contribution in [1.82, 2.24) is 5.32 Å². The highest BCUT2D eigenvalue weighted by Gasteiger charge is 2.36. The Morgan fingerprint density at radius 3 is 2.54 bits per heavy atom. The second-order valence-electron chi connectivity index (χ2n) is 9.03. The lowest BCUT2D eigenvalue weighted by Gasteiger charge is -2.17. The molecule has 6 nitrogen and oxygen atoms in total. The van der Waals surface area contributed by atoms with E-state index in [0.717, 1.165) is 11.1 Å². The van der Waals surface area contributed by atoms with Crippen molar-refractivity contribution in [2.45, 2.75) is 57.3 Å². The van der Waals surface area contributed by atoms with Crippen LogP contribution < -0.4 is 5.32 Å². The van der Waals surface area contributed by atoms with E-state index in [-0.39, 0.29) is 35.8 Å². The number of carbonyl (C=O) groups is 2. The van der Waals surface area contributed by atoms with Gasteiger partial charge in [-0.2, -0.15) is 0 Å². The van der Waals surface area contributed by atoms with Crippen LogP contribution in [0.3, 0.4) is 0 Å². The first kappa shape index (κ1) is 26.4. The van der Waals surface area contributed by atoms with Gasteiger partial charge in [-0.25, -0.2) is 0 Å². The smallest absolute Gasteiger partial charge is 0.244 e. The van der Waals surface area contributed by atoms with Crippen molar-refractivity contribution in [3.63, 3.8) is 0 Å². The van der Waals surface area contributed by atoms with Crippen LogP contribution >= 0.6 is 0 Å². The van der Waals surface area contributed by atoms with E-state index in [1.54, 1.807) is 12.2 Å². The fraction of sp³-hybridized carbons (Fsp3) is 0.379. The quantitative estimate of drug-likeness (QED) is 0.532. The number of rotatable bonds is 2. The molecule has 1 aromatic carbocycles. The van der Waals surface area contributed by atoms with Crippen molar-refractivity contribution in [1.29, 1.82) is 0 Å². The Morgan fingerprint density at radius 2 is 1.80 bits per heavy atom. The Bertz CT molecular complexity index is 1030. The summed E-state index contributed by atoms with van der Waals surface area (Å²) in [6.07, 6.45) is 13.4. The molecule has 0 bridgehead atoms. The zero-order valence-corrected chi connectivity index (χ0v) is 20.4. The number of aliphatic hydroxyl groups excluding tert-OH is 2. The lowest BCUT2D eigenvalue weighted by Crippen LogP contribution is -2.26. The molecule has 0 saturated carbocycles. The highest BCUT2D eigenvalue weighted by Crippen LogP contribution is 2.36. The predicted molar refractivity (Wildman–Crippen MR) is 137 cm³/mol. The summed E-state index contributed by atoms with van der Waals surface area (Å²) in [6.45, 7) is 1.90. The number of aliphatic hydroxyl groups is 2. The molecule has 6 heteroatoms. The highest BCUT2D eigenvalue weighted by atomic mass is 16.5. The van der Waals surface area contributed by atoms with Crippen LogP contribution in [0.5, 0.6) is 0 Å². The van der Waals surface area contributed by atoms with Gasteiger partial charge in [0.15, 0.2) is 5.78 Å². The van der Waals surface area contributed by atoms with Crippen LogP contribution in [0, 0.1) is 5.92 Å². The second kappa shape index (κ2) is 13.0. The zero-order valence-electron chi connectivity index (χ0n) is 20.4. The van der Waals surface area contributed by atoms with Crippen molar-refractivity contribution in [2.24, 2.45) is 5.92 Å². The SMILES string of the molecule is COC1CC2\C=C(C)/C=C\C=C\C(=O)NC(c3ccccc3)C/C=C\CCC(O)CC(=O)C2=C1O. The monoisotopic (exact) mass is 477 g/mol. The number of Topliss-reactive ketones (excluding diaryl/α,β-unsaturated/α-hetero) is 1. The van der Waals surface area contributed by atoms with E-state index < -0.39 is 12.2 Å². The number of hydrogen-bond donors (Lipinski definition) is 3. The van der Waals surface area contributed by atoms with Gasteiger partial charge in [-0.15, -0.1) is 0 Å². The van der Waals surface area contributed by atoms with Gasteiger partial charge in [0, 0.05) is 31.1 Å². The minimum absolute atomic E-state index is 0.0444.